The Morgan fingerprint density at radius 3 is 2.10 bits per heavy atom. The van der Waals surface area contributed by atoms with Gasteiger partial charge in [0.1, 0.15) is 0 Å². The quantitative estimate of drug-likeness (QED) is 0.674. The van der Waals surface area contributed by atoms with E-state index < -0.39 is 0 Å². The van der Waals surface area contributed by atoms with Gasteiger partial charge in [-0.25, -0.2) is 0 Å². The number of halogens is 2. The van der Waals surface area contributed by atoms with Gasteiger partial charge in [-0.15, -0.1) is 0 Å². The molecule has 0 N–H and O–H groups in total. The van der Waals surface area contributed by atoms with Crippen molar-refractivity contribution < 1.29 is 0 Å². The Morgan fingerprint density at radius 2 is 1.70 bits per heavy atom. The monoisotopic (exact) mass is 356 g/mol. The molecule has 0 fully saturated rings. The van der Waals surface area contributed by atoms with Crippen molar-refractivity contribution in [2.75, 3.05) is 0 Å². The van der Waals surface area contributed by atoms with Gasteiger partial charge in [-0.2, -0.15) is 0 Å². The molecular formula is C8H6I2. The van der Waals surface area contributed by atoms with Crippen LogP contribution in [-0.2, 0) is 0 Å². The van der Waals surface area contributed by atoms with Gasteiger partial charge in [0.25, 0.3) is 0 Å². The standard InChI is InChI=1S/C8H6I2/c1-6(9)7-2-4-8(10)5-3-7/h2-5H,1H2. The highest BCUT2D eigenvalue weighted by Crippen LogP contribution is 2.19. The first-order valence-corrected chi connectivity index (χ1v) is 4.96. The predicted octanol–water partition coefficient (Wildman–Crippen LogP) is 3.70. The first-order chi connectivity index (χ1) is 4.70. The van der Waals surface area contributed by atoms with Crippen molar-refractivity contribution in [2.24, 2.45) is 0 Å². The molecule has 0 aromatic heterocycles. The van der Waals surface area contributed by atoms with Gasteiger partial charge in [-0.05, 0) is 62.9 Å². The summed E-state index contributed by atoms with van der Waals surface area (Å²) in [5.74, 6) is 0. The van der Waals surface area contributed by atoms with E-state index in [0.29, 0.717) is 0 Å². The van der Waals surface area contributed by atoms with E-state index in [1.54, 1.807) is 0 Å². The number of hydrogen-bond donors (Lipinski definition) is 0. The van der Waals surface area contributed by atoms with E-state index in [2.05, 4.69) is 76.0 Å². The average molecular weight is 356 g/mol. The van der Waals surface area contributed by atoms with E-state index in [0.717, 1.165) is 3.58 Å². The number of benzene rings is 1. The zero-order chi connectivity index (χ0) is 7.56. The van der Waals surface area contributed by atoms with Crippen LogP contribution in [0.25, 0.3) is 3.58 Å². The Morgan fingerprint density at radius 1 is 1.20 bits per heavy atom. The lowest BCUT2D eigenvalue weighted by molar-refractivity contribution is 1.61. The molecule has 10 heavy (non-hydrogen) atoms. The van der Waals surface area contributed by atoms with Crippen molar-refractivity contribution in [3.63, 3.8) is 0 Å². The van der Waals surface area contributed by atoms with E-state index in [1.165, 1.54) is 9.13 Å². The smallest absolute Gasteiger partial charge is 0.0130 e. The molecular weight excluding hydrogens is 350 g/mol. The first-order valence-electron chi connectivity index (χ1n) is 2.80. The van der Waals surface area contributed by atoms with Crippen LogP contribution >= 0.6 is 45.2 Å². The Labute approximate surface area is 88.0 Å². The van der Waals surface area contributed by atoms with Gasteiger partial charge < -0.3 is 0 Å². The Hall–Kier alpha value is 0.420. The Bertz CT molecular complexity index is 236. The maximum atomic E-state index is 3.84. The van der Waals surface area contributed by atoms with E-state index in [1.807, 2.05) is 0 Å². The van der Waals surface area contributed by atoms with Gasteiger partial charge in [-0.1, -0.05) is 18.7 Å². The zero-order valence-electron chi connectivity index (χ0n) is 5.27. The van der Waals surface area contributed by atoms with Crippen LogP contribution in [0.2, 0.25) is 0 Å². The molecule has 0 saturated carbocycles. The highest BCUT2D eigenvalue weighted by Gasteiger charge is 1.91. The summed E-state index contributed by atoms with van der Waals surface area (Å²) in [5.41, 5.74) is 1.21. The van der Waals surface area contributed by atoms with Gasteiger partial charge >= 0.3 is 0 Å². The molecule has 0 spiro atoms. The summed E-state index contributed by atoms with van der Waals surface area (Å²) in [7, 11) is 0. The summed E-state index contributed by atoms with van der Waals surface area (Å²) in [5, 5.41) is 0. The molecule has 1 aromatic carbocycles. The summed E-state index contributed by atoms with van der Waals surface area (Å²) in [4.78, 5) is 0. The van der Waals surface area contributed by atoms with Crippen LogP contribution < -0.4 is 0 Å². The van der Waals surface area contributed by atoms with Crippen molar-refractivity contribution in [3.05, 3.63) is 40.0 Å². The fraction of sp³-hybridized carbons (Fsp3) is 0. The lowest BCUT2D eigenvalue weighted by Gasteiger charge is -1.95. The molecule has 0 heterocycles. The third-order valence-electron chi connectivity index (χ3n) is 1.16. The number of hydrogen-bond acceptors (Lipinski definition) is 0. The second kappa shape index (κ2) is 3.71. The SMILES string of the molecule is C=C(I)c1ccc(I)cc1. The van der Waals surface area contributed by atoms with Crippen LogP contribution in [-0.4, -0.2) is 0 Å². The van der Waals surface area contributed by atoms with Crippen LogP contribution in [0, 0.1) is 3.57 Å². The van der Waals surface area contributed by atoms with Crippen LogP contribution in [0.1, 0.15) is 5.56 Å². The third kappa shape index (κ3) is 2.23. The van der Waals surface area contributed by atoms with Gasteiger partial charge in [-0.3, -0.25) is 0 Å². The van der Waals surface area contributed by atoms with Crippen molar-refractivity contribution in [1.82, 2.24) is 0 Å². The molecule has 0 aliphatic rings. The van der Waals surface area contributed by atoms with Crippen LogP contribution in [0.5, 0.6) is 0 Å². The number of rotatable bonds is 1. The second-order valence-electron chi connectivity index (χ2n) is 1.91. The first kappa shape index (κ1) is 8.52. The lowest BCUT2D eigenvalue weighted by atomic mass is 10.2. The van der Waals surface area contributed by atoms with E-state index in [9.17, 15) is 0 Å². The summed E-state index contributed by atoms with van der Waals surface area (Å²) >= 11 is 4.51. The molecule has 0 aliphatic carbocycles. The minimum atomic E-state index is 1.09. The topological polar surface area (TPSA) is 0 Å². The summed E-state index contributed by atoms with van der Waals surface area (Å²) in [6.45, 7) is 3.84. The van der Waals surface area contributed by atoms with Crippen LogP contribution in [0.3, 0.4) is 0 Å². The minimum absolute atomic E-state index is 1.09. The maximum absolute atomic E-state index is 3.84. The Kier molecular flexibility index (Phi) is 3.16. The molecule has 0 atom stereocenters. The van der Waals surface area contributed by atoms with Crippen molar-refractivity contribution >= 4 is 48.8 Å². The molecule has 52 valence electrons. The molecule has 0 nitrogen and oxygen atoms in total. The second-order valence-corrected chi connectivity index (χ2v) is 4.46. The Balaban J connectivity index is 3.00. The largest absolute Gasteiger partial charge is 0.0850 e. The van der Waals surface area contributed by atoms with Crippen LogP contribution in [0.4, 0.5) is 0 Å². The van der Waals surface area contributed by atoms with Crippen molar-refractivity contribution in [3.8, 4) is 0 Å². The van der Waals surface area contributed by atoms with E-state index in [-0.39, 0.29) is 0 Å². The maximum Gasteiger partial charge on any atom is 0.0130 e. The highest BCUT2D eigenvalue weighted by atomic mass is 127. The van der Waals surface area contributed by atoms with Crippen LogP contribution in [0.15, 0.2) is 30.8 Å². The van der Waals surface area contributed by atoms with E-state index in [4.69, 9.17) is 0 Å². The van der Waals surface area contributed by atoms with Gasteiger partial charge in [0, 0.05) is 7.15 Å². The molecule has 1 rings (SSSR count). The predicted molar refractivity (Wildman–Crippen MR) is 62.2 cm³/mol. The molecule has 0 bridgehead atoms. The molecule has 1 aromatic rings. The zero-order valence-corrected chi connectivity index (χ0v) is 9.59. The normalized spacial score (nSPS) is 9.40. The molecule has 0 amide bonds. The van der Waals surface area contributed by atoms with Gasteiger partial charge in [0.2, 0.25) is 0 Å². The molecule has 0 radical (unpaired) electrons. The molecule has 0 saturated heterocycles. The van der Waals surface area contributed by atoms with Gasteiger partial charge in [0.05, 0.1) is 0 Å². The van der Waals surface area contributed by atoms with Crippen molar-refractivity contribution in [1.29, 1.82) is 0 Å². The third-order valence-corrected chi connectivity index (χ3v) is 2.50. The fourth-order valence-corrected chi connectivity index (χ4v) is 1.35. The fourth-order valence-electron chi connectivity index (χ4n) is 0.631. The van der Waals surface area contributed by atoms with Gasteiger partial charge in [0.15, 0.2) is 0 Å². The summed E-state index contributed by atoms with van der Waals surface area (Å²) in [6.07, 6.45) is 0. The molecule has 0 aliphatic heterocycles. The summed E-state index contributed by atoms with van der Waals surface area (Å²) in [6, 6.07) is 8.33. The summed E-state index contributed by atoms with van der Waals surface area (Å²) < 4.78 is 2.35. The average Bonchev–Trinajstić information content (AvgIpc) is 1.88. The molecule has 0 unspecified atom stereocenters. The highest BCUT2D eigenvalue weighted by molar-refractivity contribution is 14.1. The van der Waals surface area contributed by atoms with E-state index >= 15 is 0 Å². The molecule has 2 heteroatoms. The van der Waals surface area contributed by atoms with Crippen molar-refractivity contribution in [2.45, 2.75) is 0 Å². The minimum Gasteiger partial charge on any atom is -0.0850 e. The lowest BCUT2D eigenvalue weighted by Crippen LogP contribution is -1.74.